The van der Waals surface area contributed by atoms with Crippen molar-refractivity contribution in [1.82, 2.24) is 9.80 Å². The summed E-state index contributed by atoms with van der Waals surface area (Å²) in [5.41, 5.74) is 5.97. The van der Waals surface area contributed by atoms with Crippen molar-refractivity contribution in [3.63, 3.8) is 0 Å². The number of carbonyl (C=O) groups is 3. The van der Waals surface area contributed by atoms with E-state index in [0.29, 0.717) is 24.2 Å². The number of nitrogens with zero attached hydrogens (tertiary/aromatic N) is 2. The van der Waals surface area contributed by atoms with Gasteiger partial charge in [0.15, 0.2) is 11.6 Å². The van der Waals surface area contributed by atoms with Crippen molar-refractivity contribution in [2.24, 2.45) is 5.73 Å². The predicted octanol–water partition coefficient (Wildman–Crippen LogP) is 1.66. The molecule has 1 heterocycles. The van der Waals surface area contributed by atoms with Crippen LogP contribution >= 0.6 is 0 Å². The number of carbonyl (C=O) groups excluding carboxylic acids is 3. The lowest BCUT2D eigenvalue weighted by Gasteiger charge is -2.35. The summed E-state index contributed by atoms with van der Waals surface area (Å²) in [5, 5.41) is 0. The van der Waals surface area contributed by atoms with Gasteiger partial charge in [0.2, 0.25) is 5.91 Å². The van der Waals surface area contributed by atoms with E-state index in [1.54, 1.807) is 4.90 Å². The molecule has 0 aliphatic carbocycles. The van der Waals surface area contributed by atoms with Crippen LogP contribution in [-0.4, -0.2) is 53.7 Å². The number of nitrogens with two attached hydrogens (primary N) is 1. The van der Waals surface area contributed by atoms with Crippen LogP contribution in [0.2, 0.25) is 0 Å². The van der Waals surface area contributed by atoms with Gasteiger partial charge in [-0.25, -0.2) is 8.78 Å². The maximum atomic E-state index is 13.3. The van der Waals surface area contributed by atoms with Gasteiger partial charge in [0.05, 0.1) is 0 Å². The van der Waals surface area contributed by atoms with Crippen LogP contribution in [0, 0.1) is 11.6 Å². The highest BCUT2D eigenvalue weighted by atomic mass is 19.2. The molecule has 0 bridgehead atoms. The second-order valence-corrected chi connectivity index (χ2v) is 6.15. The standard InChI is InChI=1S/C19H17F2N3O3/c20-15-6-5-14(11-16(15)21)19(27)24-9-7-23(8-10-24)18(26)13-3-1-12(2-4-13)17(22)25/h1-6,11H,7-10H2,(H2,22,25). The molecule has 8 heteroatoms. The summed E-state index contributed by atoms with van der Waals surface area (Å²) in [4.78, 5) is 39.1. The molecule has 0 saturated carbocycles. The van der Waals surface area contributed by atoms with Gasteiger partial charge in [-0.05, 0) is 42.5 Å². The average Bonchev–Trinajstić information content (AvgIpc) is 2.69. The number of halogens is 2. The van der Waals surface area contributed by atoms with E-state index >= 15 is 0 Å². The van der Waals surface area contributed by atoms with Crippen molar-refractivity contribution >= 4 is 17.7 Å². The van der Waals surface area contributed by atoms with E-state index < -0.39 is 23.4 Å². The van der Waals surface area contributed by atoms with E-state index in [2.05, 4.69) is 0 Å². The normalized spacial score (nSPS) is 14.1. The smallest absolute Gasteiger partial charge is 0.254 e. The van der Waals surface area contributed by atoms with E-state index in [1.165, 1.54) is 35.2 Å². The molecule has 2 aromatic carbocycles. The Bertz CT molecular complexity index is 892. The summed E-state index contributed by atoms with van der Waals surface area (Å²) >= 11 is 0. The van der Waals surface area contributed by atoms with Crippen LogP contribution in [0.25, 0.3) is 0 Å². The first-order valence-electron chi connectivity index (χ1n) is 8.30. The number of piperazine rings is 1. The van der Waals surface area contributed by atoms with Gasteiger partial charge in [-0.1, -0.05) is 0 Å². The Balaban J connectivity index is 1.62. The molecule has 0 unspecified atom stereocenters. The molecule has 140 valence electrons. The topological polar surface area (TPSA) is 83.7 Å². The maximum Gasteiger partial charge on any atom is 0.254 e. The van der Waals surface area contributed by atoms with E-state index in [1.807, 2.05) is 0 Å². The van der Waals surface area contributed by atoms with E-state index in [9.17, 15) is 23.2 Å². The van der Waals surface area contributed by atoms with Gasteiger partial charge in [0.25, 0.3) is 11.8 Å². The molecule has 2 N–H and O–H groups in total. The fraction of sp³-hybridized carbons (Fsp3) is 0.211. The quantitative estimate of drug-likeness (QED) is 0.888. The average molecular weight is 373 g/mol. The van der Waals surface area contributed by atoms with Crippen LogP contribution in [0.1, 0.15) is 31.1 Å². The van der Waals surface area contributed by atoms with Crippen molar-refractivity contribution in [3.8, 4) is 0 Å². The summed E-state index contributed by atoms with van der Waals surface area (Å²) in [7, 11) is 0. The molecule has 27 heavy (non-hydrogen) atoms. The largest absolute Gasteiger partial charge is 0.366 e. The van der Waals surface area contributed by atoms with Crippen LogP contribution < -0.4 is 5.73 Å². The summed E-state index contributed by atoms with van der Waals surface area (Å²) in [6, 6.07) is 9.05. The molecule has 0 radical (unpaired) electrons. The fourth-order valence-electron chi connectivity index (χ4n) is 2.88. The molecule has 2 aromatic rings. The predicted molar refractivity (Wildman–Crippen MR) is 93.1 cm³/mol. The zero-order valence-electron chi connectivity index (χ0n) is 14.3. The van der Waals surface area contributed by atoms with Crippen LogP contribution in [0.5, 0.6) is 0 Å². The molecule has 6 nitrogen and oxygen atoms in total. The van der Waals surface area contributed by atoms with Crippen molar-refractivity contribution < 1.29 is 23.2 Å². The van der Waals surface area contributed by atoms with Gasteiger partial charge in [0.1, 0.15) is 0 Å². The third-order valence-electron chi connectivity index (χ3n) is 4.44. The molecular weight excluding hydrogens is 356 g/mol. The SMILES string of the molecule is NC(=O)c1ccc(C(=O)N2CCN(C(=O)c3ccc(F)c(F)c3)CC2)cc1. The fourth-order valence-corrected chi connectivity index (χ4v) is 2.88. The Morgan fingerprint density at radius 1 is 0.704 bits per heavy atom. The van der Waals surface area contributed by atoms with Crippen LogP contribution in [0.3, 0.4) is 0 Å². The minimum Gasteiger partial charge on any atom is -0.366 e. The molecule has 0 atom stereocenters. The van der Waals surface area contributed by atoms with Crippen LogP contribution in [-0.2, 0) is 0 Å². The number of hydrogen-bond donors (Lipinski definition) is 1. The summed E-state index contributed by atoms with van der Waals surface area (Å²) < 4.78 is 26.3. The molecule has 0 aromatic heterocycles. The number of benzene rings is 2. The third kappa shape index (κ3) is 3.94. The third-order valence-corrected chi connectivity index (χ3v) is 4.44. The second kappa shape index (κ2) is 7.53. The lowest BCUT2D eigenvalue weighted by molar-refractivity contribution is 0.0535. The zero-order valence-corrected chi connectivity index (χ0v) is 14.3. The van der Waals surface area contributed by atoms with Crippen LogP contribution in [0.4, 0.5) is 8.78 Å². The van der Waals surface area contributed by atoms with Gasteiger partial charge in [0, 0.05) is 42.9 Å². The molecule has 1 aliphatic rings. The van der Waals surface area contributed by atoms with Crippen molar-refractivity contribution in [2.45, 2.75) is 0 Å². The highest BCUT2D eigenvalue weighted by molar-refractivity contribution is 5.97. The van der Waals surface area contributed by atoms with Crippen LogP contribution in [0.15, 0.2) is 42.5 Å². The lowest BCUT2D eigenvalue weighted by atomic mass is 10.1. The molecule has 1 saturated heterocycles. The first-order chi connectivity index (χ1) is 12.9. The zero-order chi connectivity index (χ0) is 19.6. The number of amides is 3. The second-order valence-electron chi connectivity index (χ2n) is 6.15. The summed E-state index contributed by atoms with van der Waals surface area (Å²) in [6.45, 7) is 1.18. The Labute approximate surface area is 154 Å². The van der Waals surface area contributed by atoms with Gasteiger partial charge in [-0.2, -0.15) is 0 Å². The molecular formula is C19H17F2N3O3. The lowest BCUT2D eigenvalue weighted by Crippen LogP contribution is -2.50. The Hall–Kier alpha value is -3.29. The Morgan fingerprint density at radius 2 is 1.15 bits per heavy atom. The van der Waals surface area contributed by atoms with Gasteiger partial charge < -0.3 is 15.5 Å². The Kier molecular flexibility index (Phi) is 5.16. The highest BCUT2D eigenvalue weighted by Gasteiger charge is 2.26. The maximum absolute atomic E-state index is 13.3. The number of hydrogen-bond acceptors (Lipinski definition) is 3. The van der Waals surface area contributed by atoms with Gasteiger partial charge >= 0.3 is 0 Å². The number of rotatable bonds is 3. The van der Waals surface area contributed by atoms with Gasteiger partial charge in [-0.3, -0.25) is 14.4 Å². The van der Waals surface area contributed by atoms with Crippen molar-refractivity contribution in [2.75, 3.05) is 26.2 Å². The van der Waals surface area contributed by atoms with Gasteiger partial charge in [-0.15, -0.1) is 0 Å². The summed E-state index contributed by atoms with van der Waals surface area (Å²) in [6.07, 6.45) is 0. The first kappa shape index (κ1) is 18.5. The minimum absolute atomic E-state index is 0.0655. The molecule has 3 amide bonds. The molecule has 1 aliphatic heterocycles. The first-order valence-corrected chi connectivity index (χ1v) is 8.30. The van der Waals surface area contributed by atoms with E-state index in [-0.39, 0.29) is 24.6 Å². The molecule has 3 rings (SSSR count). The number of primary amides is 1. The molecule has 0 spiro atoms. The Morgan fingerprint density at radius 3 is 1.63 bits per heavy atom. The monoisotopic (exact) mass is 373 g/mol. The van der Waals surface area contributed by atoms with E-state index in [4.69, 9.17) is 5.73 Å². The highest BCUT2D eigenvalue weighted by Crippen LogP contribution is 2.15. The summed E-state index contributed by atoms with van der Waals surface area (Å²) in [5.74, 6) is -3.28. The van der Waals surface area contributed by atoms with Crippen molar-refractivity contribution in [3.05, 3.63) is 70.8 Å². The molecule has 1 fully saturated rings. The minimum atomic E-state index is -1.07. The van der Waals surface area contributed by atoms with Crippen molar-refractivity contribution in [1.29, 1.82) is 0 Å². The van der Waals surface area contributed by atoms with E-state index in [0.717, 1.165) is 12.1 Å².